The molecule has 7 heteroatoms. The number of carboxylic acid groups (broad SMARTS) is 1. The maximum Gasteiger partial charge on any atom is 0.339 e. The van der Waals surface area contributed by atoms with E-state index in [2.05, 4.69) is 10.1 Å². The zero-order valence-electron chi connectivity index (χ0n) is 12.4. The van der Waals surface area contributed by atoms with Crippen molar-refractivity contribution < 1.29 is 9.90 Å². The zero-order chi connectivity index (χ0) is 16.7. The molecule has 1 aromatic carbocycles. The zero-order valence-corrected chi connectivity index (χ0v) is 13.9. The van der Waals surface area contributed by atoms with Crippen LogP contribution in [0.15, 0.2) is 30.5 Å². The number of hydrogen-bond acceptors (Lipinski definition) is 3. The molecule has 0 aliphatic rings. The Hall–Kier alpha value is -2.11. The number of carbonyl (C=O) groups is 1. The second-order valence-electron chi connectivity index (χ2n) is 5.43. The van der Waals surface area contributed by atoms with Crippen LogP contribution in [0.2, 0.25) is 10.2 Å². The van der Waals surface area contributed by atoms with E-state index < -0.39 is 5.97 Å². The summed E-state index contributed by atoms with van der Waals surface area (Å²) in [6, 6.07) is 7.20. The van der Waals surface area contributed by atoms with Crippen LogP contribution in [-0.4, -0.2) is 25.7 Å². The van der Waals surface area contributed by atoms with Crippen LogP contribution in [0.4, 0.5) is 0 Å². The van der Waals surface area contributed by atoms with Crippen LogP contribution in [0.1, 0.15) is 35.8 Å². The first kappa shape index (κ1) is 15.8. The van der Waals surface area contributed by atoms with Gasteiger partial charge < -0.3 is 5.11 Å². The van der Waals surface area contributed by atoms with Crippen LogP contribution in [0.3, 0.4) is 0 Å². The Morgan fingerprint density at radius 3 is 2.65 bits per heavy atom. The van der Waals surface area contributed by atoms with Crippen molar-refractivity contribution in [2.24, 2.45) is 0 Å². The molecule has 0 saturated heterocycles. The molecular weight excluding hydrogens is 337 g/mol. The van der Waals surface area contributed by atoms with Crippen molar-refractivity contribution in [2.75, 3.05) is 0 Å². The Morgan fingerprint density at radius 1 is 1.30 bits per heavy atom. The molecular formula is C16H13Cl2N3O2. The average molecular weight is 350 g/mol. The fraction of sp³-hybridized carbons (Fsp3) is 0.188. The number of aromatic carboxylic acids is 1. The van der Waals surface area contributed by atoms with Gasteiger partial charge in [0.25, 0.3) is 0 Å². The molecule has 0 unspecified atom stereocenters. The number of fused-ring (bicyclic) bond motifs is 1. The van der Waals surface area contributed by atoms with Gasteiger partial charge in [-0.05, 0) is 23.6 Å². The van der Waals surface area contributed by atoms with Crippen molar-refractivity contribution in [1.82, 2.24) is 14.6 Å². The highest BCUT2D eigenvalue weighted by Crippen LogP contribution is 2.34. The monoisotopic (exact) mass is 349 g/mol. The van der Waals surface area contributed by atoms with Crippen molar-refractivity contribution in [3.8, 4) is 11.1 Å². The summed E-state index contributed by atoms with van der Waals surface area (Å²) in [5.41, 5.74) is 2.59. The molecule has 2 aromatic heterocycles. The topological polar surface area (TPSA) is 67.5 Å². The van der Waals surface area contributed by atoms with Gasteiger partial charge >= 0.3 is 5.97 Å². The summed E-state index contributed by atoms with van der Waals surface area (Å²) in [6.07, 6.45) is 1.35. The Balaban J connectivity index is 2.37. The lowest BCUT2D eigenvalue weighted by molar-refractivity contribution is 0.0694. The van der Waals surface area contributed by atoms with Crippen LogP contribution < -0.4 is 0 Å². The first-order chi connectivity index (χ1) is 10.9. The first-order valence-electron chi connectivity index (χ1n) is 6.96. The van der Waals surface area contributed by atoms with Gasteiger partial charge in [-0.25, -0.2) is 14.3 Å². The molecule has 0 atom stereocenters. The molecule has 0 spiro atoms. The molecule has 2 heterocycles. The minimum atomic E-state index is -1.04. The largest absolute Gasteiger partial charge is 0.478 e. The van der Waals surface area contributed by atoms with Gasteiger partial charge in [0.1, 0.15) is 0 Å². The van der Waals surface area contributed by atoms with E-state index in [4.69, 9.17) is 23.2 Å². The molecule has 3 rings (SSSR count). The van der Waals surface area contributed by atoms with Crippen molar-refractivity contribution in [3.05, 3.63) is 51.9 Å². The molecule has 3 aromatic rings. The summed E-state index contributed by atoms with van der Waals surface area (Å²) in [6.45, 7) is 3.80. The summed E-state index contributed by atoms with van der Waals surface area (Å²) in [7, 11) is 0. The van der Waals surface area contributed by atoms with E-state index in [0.717, 1.165) is 5.56 Å². The second-order valence-corrected chi connectivity index (χ2v) is 6.22. The van der Waals surface area contributed by atoms with Crippen LogP contribution >= 0.6 is 23.2 Å². The third-order valence-electron chi connectivity index (χ3n) is 3.53. The molecule has 0 fully saturated rings. The number of aromatic nitrogens is 3. The first-order valence-corrected chi connectivity index (χ1v) is 7.72. The third-order valence-corrected chi connectivity index (χ3v) is 4.03. The summed E-state index contributed by atoms with van der Waals surface area (Å²) in [4.78, 5) is 15.7. The van der Waals surface area contributed by atoms with Crippen molar-refractivity contribution >= 4 is 34.8 Å². The van der Waals surface area contributed by atoms with Gasteiger partial charge in [-0.3, -0.25) is 0 Å². The lowest BCUT2D eigenvalue weighted by atomic mass is 10.0. The van der Waals surface area contributed by atoms with Gasteiger partial charge in [0.15, 0.2) is 10.8 Å². The Morgan fingerprint density at radius 2 is 2.04 bits per heavy atom. The summed E-state index contributed by atoms with van der Waals surface area (Å²) < 4.78 is 1.51. The predicted molar refractivity (Wildman–Crippen MR) is 89.5 cm³/mol. The number of nitrogens with zero attached hydrogens (tertiary/aromatic N) is 3. The molecule has 5 nitrogen and oxygen atoms in total. The quantitative estimate of drug-likeness (QED) is 0.754. The third kappa shape index (κ3) is 2.66. The van der Waals surface area contributed by atoms with Gasteiger partial charge in [0, 0.05) is 11.2 Å². The van der Waals surface area contributed by atoms with Gasteiger partial charge in [-0.15, -0.1) is 0 Å². The van der Waals surface area contributed by atoms with E-state index in [1.54, 1.807) is 12.1 Å². The van der Waals surface area contributed by atoms with E-state index in [9.17, 15) is 9.90 Å². The van der Waals surface area contributed by atoms with Gasteiger partial charge in [-0.1, -0.05) is 49.2 Å². The maximum atomic E-state index is 11.4. The fourth-order valence-corrected chi connectivity index (χ4v) is 3.05. The molecule has 0 aliphatic carbocycles. The molecule has 23 heavy (non-hydrogen) atoms. The Labute approximate surface area is 142 Å². The fourth-order valence-electron chi connectivity index (χ4n) is 2.59. The molecule has 0 bridgehead atoms. The smallest absolute Gasteiger partial charge is 0.339 e. The maximum absolute atomic E-state index is 11.4. The minimum absolute atomic E-state index is 0.0604. The molecule has 1 N–H and O–H groups in total. The highest BCUT2D eigenvalue weighted by atomic mass is 35.5. The van der Waals surface area contributed by atoms with E-state index in [-0.39, 0.29) is 16.6 Å². The molecule has 0 saturated carbocycles. The summed E-state index contributed by atoms with van der Waals surface area (Å²) >= 11 is 12.3. The number of halogens is 2. The summed E-state index contributed by atoms with van der Waals surface area (Å²) in [5.74, 6) is -1.10. The van der Waals surface area contributed by atoms with E-state index in [1.807, 2.05) is 26.0 Å². The molecule has 0 aliphatic heterocycles. The summed E-state index contributed by atoms with van der Waals surface area (Å²) in [5, 5.41) is 14.5. The van der Waals surface area contributed by atoms with Crippen molar-refractivity contribution in [1.29, 1.82) is 0 Å². The highest BCUT2D eigenvalue weighted by molar-refractivity contribution is 6.33. The minimum Gasteiger partial charge on any atom is -0.478 e. The standard InChI is InChI=1S/C16H13Cl2N3O2/c1-8(2)13-11(16(22)23)7-19-15-12(14(18)20-21(13)15)9-4-3-5-10(17)6-9/h3-8H,1-2H3,(H,22,23). The van der Waals surface area contributed by atoms with Gasteiger partial charge in [0.05, 0.1) is 16.8 Å². The van der Waals surface area contributed by atoms with Crippen molar-refractivity contribution in [2.45, 2.75) is 19.8 Å². The van der Waals surface area contributed by atoms with Crippen LogP contribution in [-0.2, 0) is 0 Å². The number of rotatable bonds is 3. The lowest BCUT2D eigenvalue weighted by Gasteiger charge is -2.11. The van der Waals surface area contributed by atoms with Crippen LogP contribution in [0, 0.1) is 0 Å². The van der Waals surface area contributed by atoms with Gasteiger partial charge in [-0.2, -0.15) is 5.10 Å². The number of carboxylic acids is 1. The number of hydrogen-bond donors (Lipinski definition) is 1. The average Bonchev–Trinajstić information content (AvgIpc) is 2.81. The molecule has 118 valence electrons. The van der Waals surface area contributed by atoms with Crippen LogP contribution in [0.5, 0.6) is 0 Å². The Bertz CT molecular complexity index is 919. The highest BCUT2D eigenvalue weighted by Gasteiger charge is 2.23. The van der Waals surface area contributed by atoms with Crippen LogP contribution in [0.25, 0.3) is 16.8 Å². The normalized spacial score (nSPS) is 11.3. The van der Waals surface area contributed by atoms with E-state index in [1.165, 1.54) is 10.7 Å². The SMILES string of the molecule is CC(C)c1c(C(=O)O)cnc2c(-c3cccc(Cl)c3)c(Cl)nn12. The van der Waals surface area contributed by atoms with E-state index >= 15 is 0 Å². The molecule has 0 amide bonds. The number of benzene rings is 1. The predicted octanol–water partition coefficient (Wildman–Crippen LogP) is 4.52. The second kappa shape index (κ2) is 5.83. The van der Waals surface area contributed by atoms with Crippen molar-refractivity contribution in [3.63, 3.8) is 0 Å². The van der Waals surface area contributed by atoms with E-state index in [0.29, 0.717) is 21.9 Å². The lowest BCUT2D eigenvalue weighted by Crippen LogP contribution is -2.11. The van der Waals surface area contributed by atoms with Gasteiger partial charge in [0.2, 0.25) is 0 Å². The molecule has 0 radical (unpaired) electrons. The Kier molecular flexibility index (Phi) is 4.00.